The first kappa shape index (κ1) is 15.2. The number of aromatic nitrogens is 1. The van der Waals surface area contributed by atoms with Gasteiger partial charge in [-0.3, -0.25) is 9.88 Å². The summed E-state index contributed by atoms with van der Waals surface area (Å²) >= 11 is 0. The van der Waals surface area contributed by atoms with E-state index in [1.54, 1.807) is 0 Å². The smallest absolute Gasteiger partial charge is 0.0939 e. The molecule has 0 aliphatic carbocycles. The highest BCUT2D eigenvalue weighted by molar-refractivity contribution is 5.13. The molecule has 1 fully saturated rings. The molecule has 0 spiro atoms. The molecule has 2 heterocycles. The van der Waals surface area contributed by atoms with Crippen molar-refractivity contribution in [2.45, 2.75) is 19.3 Å². The molecule has 1 aromatic carbocycles. The third kappa shape index (κ3) is 4.63. The fraction of sp³-hybridized carbons (Fsp3) is 0.389. The summed E-state index contributed by atoms with van der Waals surface area (Å²) in [4.78, 5) is 6.75. The Balaban J connectivity index is 1.53. The normalized spacial score (nSPS) is 19.7. The summed E-state index contributed by atoms with van der Waals surface area (Å²) in [5, 5.41) is 0. The van der Waals surface area contributed by atoms with Crippen LogP contribution < -0.4 is 0 Å². The first-order valence-electron chi connectivity index (χ1n) is 7.76. The summed E-state index contributed by atoms with van der Waals surface area (Å²) in [6.07, 6.45) is 1.94. The minimum atomic E-state index is 0.103. The molecule has 1 aromatic heterocycles. The van der Waals surface area contributed by atoms with E-state index in [0.717, 1.165) is 31.9 Å². The van der Waals surface area contributed by atoms with Crippen LogP contribution in [0.4, 0.5) is 0 Å². The van der Waals surface area contributed by atoms with Crippen LogP contribution in [0.15, 0.2) is 54.7 Å². The van der Waals surface area contributed by atoms with Gasteiger partial charge < -0.3 is 9.47 Å². The van der Waals surface area contributed by atoms with E-state index in [9.17, 15) is 0 Å². The van der Waals surface area contributed by atoms with Crippen molar-refractivity contribution in [2.75, 3.05) is 26.3 Å². The number of hydrogen-bond donors (Lipinski definition) is 0. The Labute approximate surface area is 131 Å². The van der Waals surface area contributed by atoms with E-state index in [-0.39, 0.29) is 6.10 Å². The number of rotatable bonds is 5. The van der Waals surface area contributed by atoms with E-state index in [2.05, 4.69) is 28.1 Å². The lowest BCUT2D eigenvalue weighted by molar-refractivity contribution is -0.0156. The average molecular weight is 298 g/mol. The molecule has 0 N–H and O–H groups in total. The summed E-state index contributed by atoms with van der Waals surface area (Å²) in [6, 6.07) is 16.3. The SMILES string of the molecule is c1ccc(COC2COCCN(Cc3ccccn3)C2)cc1. The van der Waals surface area contributed by atoms with Crippen LogP contribution in [0.2, 0.25) is 0 Å². The molecular formula is C18H22N2O2. The molecule has 4 heteroatoms. The average Bonchev–Trinajstić information content (AvgIpc) is 2.80. The largest absolute Gasteiger partial charge is 0.377 e. The molecule has 1 atom stereocenters. The Bertz CT molecular complexity index is 548. The number of benzene rings is 1. The highest BCUT2D eigenvalue weighted by Gasteiger charge is 2.19. The molecule has 116 valence electrons. The zero-order valence-electron chi connectivity index (χ0n) is 12.7. The molecule has 0 radical (unpaired) electrons. The van der Waals surface area contributed by atoms with Gasteiger partial charge in [-0.05, 0) is 17.7 Å². The zero-order chi connectivity index (χ0) is 15.0. The summed E-state index contributed by atoms with van der Waals surface area (Å²) in [5.41, 5.74) is 2.29. The van der Waals surface area contributed by atoms with Crippen molar-refractivity contribution in [3.63, 3.8) is 0 Å². The van der Waals surface area contributed by atoms with E-state index in [1.807, 2.05) is 36.5 Å². The van der Waals surface area contributed by atoms with E-state index < -0.39 is 0 Å². The van der Waals surface area contributed by atoms with E-state index in [4.69, 9.17) is 9.47 Å². The van der Waals surface area contributed by atoms with Gasteiger partial charge in [0.2, 0.25) is 0 Å². The van der Waals surface area contributed by atoms with E-state index >= 15 is 0 Å². The van der Waals surface area contributed by atoms with Crippen molar-refractivity contribution < 1.29 is 9.47 Å². The zero-order valence-corrected chi connectivity index (χ0v) is 12.7. The van der Waals surface area contributed by atoms with Gasteiger partial charge in [-0.15, -0.1) is 0 Å². The number of nitrogens with zero attached hydrogens (tertiary/aromatic N) is 2. The predicted octanol–water partition coefficient (Wildman–Crippen LogP) is 2.50. The number of hydrogen-bond acceptors (Lipinski definition) is 4. The maximum atomic E-state index is 6.03. The first-order chi connectivity index (χ1) is 10.9. The summed E-state index contributed by atoms with van der Waals surface area (Å²) in [5.74, 6) is 0. The molecular weight excluding hydrogens is 276 g/mol. The summed E-state index contributed by atoms with van der Waals surface area (Å²) < 4.78 is 11.7. The number of pyridine rings is 1. The molecule has 0 saturated carbocycles. The van der Waals surface area contributed by atoms with E-state index in [0.29, 0.717) is 13.2 Å². The second-order valence-electron chi connectivity index (χ2n) is 5.55. The highest BCUT2D eigenvalue weighted by Crippen LogP contribution is 2.10. The molecule has 0 bridgehead atoms. The molecule has 0 amide bonds. The van der Waals surface area contributed by atoms with Gasteiger partial charge >= 0.3 is 0 Å². The lowest BCUT2D eigenvalue weighted by Crippen LogP contribution is -2.34. The third-order valence-electron chi connectivity index (χ3n) is 3.76. The second-order valence-corrected chi connectivity index (χ2v) is 5.55. The van der Waals surface area contributed by atoms with Crippen molar-refractivity contribution in [2.24, 2.45) is 0 Å². The van der Waals surface area contributed by atoms with Crippen LogP contribution in [0.1, 0.15) is 11.3 Å². The van der Waals surface area contributed by atoms with Crippen LogP contribution in [0.25, 0.3) is 0 Å². The fourth-order valence-electron chi connectivity index (χ4n) is 2.59. The van der Waals surface area contributed by atoms with Gasteiger partial charge in [-0.1, -0.05) is 36.4 Å². The van der Waals surface area contributed by atoms with Gasteiger partial charge in [0.15, 0.2) is 0 Å². The van der Waals surface area contributed by atoms with Gasteiger partial charge in [0.25, 0.3) is 0 Å². The summed E-state index contributed by atoms with van der Waals surface area (Å²) in [6.45, 7) is 4.68. The first-order valence-corrected chi connectivity index (χ1v) is 7.76. The lowest BCUT2D eigenvalue weighted by Gasteiger charge is -2.23. The van der Waals surface area contributed by atoms with Crippen LogP contribution in [-0.2, 0) is 22.6 Å². The van der Waals surface area contributed by atoms with Gasteiger partial charge in [0, 0.05) is 25.8 Å². The molecule has 22 heavy (non-hydrogen) atoms. The van der Waals surface area contributed by atoms with Gasteiger partial charge in [0.1, 0.15) is 0 Å². The Hall–Kier alpha value is -1.75. The highest BCUT2D eigenvalue weighted by atomic mass is 16.5. The Morgan fingerprint density at radius 2 is 2.00 bits per heavy atom. The van der Waals surface area contributed by atoms with Crippen molar-refractivity contribution >= 4 is 0 Å². The Morgan fingerprint density at radius 3 is 2.82 bits per heavy atom. The monoisotopic (exact) mass is 298 g/mol. The molecule has 1 aliphatic heterocycles. The van der Waals surface area contributed by atoms with Crippen molar-refractivity contribution in [3.05, 3.63) is 66.0 Å². The van der Waals surface area contributed by atoms with Crippen LogP contribution in [0.3, 0.4) is 0 Å². The van der Waals surface area contributed by atoms with Crippen LogP contribution >= 0.6 is 0 Å². The molecule has 1 aliphatic rings. The number of ether oxygens (including phenoxy) is 2. The maximum Gasteiger partial charge on any atom is 0.0939 e. The van der Waals surface area contributed by atoms with Crippen molar-refractivity contribution in [1.82, 2.24) is 9.88 Å². The van der Waals surface area contributed by atoms with Gasteiger partial charge in [-0.2, -0.15) is 0 Å². The molecule has 2 aromatic rings. The minimum Gasteiger partial charge on any atom is -0.377 e. The molecule has 1 unspecified atom stereocenters. The predicted molar refractivity (Wildman–Crippen MR) is 85.4 cm³/mol. The quantitative estimate of drug-likeness (QED) is 0.849. The molecule has 3 rings (SSSR count). The molecule has 1 saturated heterocycles. The van der Waals surface area contributed by atoms with Crippen LogP contribution in [-0.4, -0.2) is 42.3 Å². The lowest BCUT2D eigenvalue weighted by atomic mass is 10.2. The third-order valence-corrected chi connectivity index (χ3v) is 3.76. The summed E-state index contributed by atoms with van der Waals surface area (Å²) in [7, 11) is 0. The van der Waals surface area contributed by atoms with Crippen molar-refractivity contribution in [3.8, 4) is 0 Å². The Morgan fingerprint density at radius 1 is 1.14 bits per heavy atom. The van der Waals surface area contributed by atoms with Crippen LogP contribution in [0, 0.1) is 0 Å². The topological polar surface area (TPSA) is 34.6 Å². The Kier molecular flexibility index (Phi) is 5.54. The fourth-order valence-corrected chi connectivity index (χ4v) is 2.59. The molecule has 4 nitrogen and oxygen atoms in total. The van der Waals surface area contributed by atoms with Gasteiger partial charge in [0.05, 0.1) is 31.6 Å². The minimum absolute atomic E-state index is 0.103. The maximum absolute atomic E-state index is 6.03. The van der Waals surface area contributed by atoms with E-state index in [1.165, 1.54) is 5.56 Å². The second kappa shape index (κ2) is 8.03. The standard InChI is InChI=1S/C18H22N2O2/c1-2-6-16(7-3-1)14-22-18-13-20(10-11-21-15-18)12-17-8-4-5-9-19-17/h1-9,18H,10-15H2. The van der Waals surface area contributed by atoms with Gasteiger partial charge in [-0.25, -0.2) is 0 Å². The van der Waals surface area contributed by atoms with Crippen LogP contribution in [0.5, 0.6) is 0 Å². The van der Waals surface area contributed by atoms with Crippen molar-refractivity contribution in [1.29, 1.82) is 0 Å².